The zero-order valence-corrected chi connectivity index (χ0v) is 74.1. The van der Waals surface area contributed by atoms with Crippen molar-refractivity contribution in [2.45, 2.75) is 157 Å². The van der Waals surface area contributed by atoms with E-state index in [1.165, 1.54) is 55.5 Å². The van der Waals surface area contributed by atoms with Crippen LogP contribution in [0.1, 0.15) is 177 Å². The van der Waals surface area contributed by atoms with E-state index in [1.807, 2.05) is 100 Å². The predicted molar refractivity (Wildman–Crippen MR) is 483 cm³/mol. The van der Waals surface area contributed by atoms with Gasteiger partial charge in [0.25, 0.3) is 0 Å². The van der Waals surface area contributed by atoms with Gasteiger partial charge in [-0.05, 0) is 298 Å². The Hall–Kier alpha value is -12.2. The molecule has 0 amide bonds. The second-order valence-corrected chi connectivity index (χ2v) is 34.5. The summed E-state index contributed by atoms with van der Waals surface area (Å²) in [6.45, 7) is 36.8. The third kappa shape index (κ3) is 27.9. The molecule has 0 saturated heterocycles. The lowest BCUT2D eigenvalue weighted by molar-refractivity contribution is -0.138. The minimum absolute atomic E-state index is 0.0401. The molecule has 0 radical (unpaired) electrons. The van der Waals surface area contributed by atoms with Crippen molar-refractivity contribution in [3.05, 3.63) is 344 Å². The Morgan fingerprint density at radius 1 is 0.271 bits per heavy atom. The van der Waals surface area contributed by atoms with Gasteiger partial charge in [0.1, 0.15) is 23.1 Å². The van der Waals surface area contributed by atoms with Crippen LogP contribution >= 0.6 is 23.2 Å². The summed E-state index contributed by atoms with van der Waals surface area (Å²) in [5.74, 6) is -4.69. The van der Waals surface area contributed by atoms with Crippen LogP contribution < -0.4 is 0 Å². The quantitative estimate of drug-likeness (QED) is 0.0343. The number of alkyl halides is 12. The van der Waals surface area contributed by atoms with Crippen molar-refractivity contribution in [1.82, 2.24) is 0 Å². The number of benzene rings is 12. The number of hydrogen-bond donors (Lipinski definition) is 0. The second-order valence-electron chi connectivity index (χ2n) is 33.6. The molecule has 0 heterocycles. The molecule has 4 unspecified atom stereocenters. The van der Waals surface area contributed by atoms with Gasteiger partial charge in [-0.15, -0.1) is 0 Å². The fourth-order valence-corrected chi connectivity index (χ4v) is 15.6. The Labute approximate surface area is 751 Å². The molecule has 0 aliphatic rings. The average molecular weight is 1810 g/mol. The number of ketones is 4. The molecule has 0 aliphatic heterocycles. The fourth-order valence-electron chi connectivity index (χ4n) is 15.1. The summed E-state index contributed by atoms with van der Waals surface area (Å²) in [6.07, 6.45) is -15.2. The Kier molecular flexibility index (Phi) is 33.8. The summed E-state index contributed by atoms with van der Waals surface area (Å²) < 4.78 is 197. The molecule has 0 saturated carbocycles. The van der Waals surface area contributed by atoms with E-state index < -0.39 is 70.3 Å². The topological polar surface area (TPSA) is 77.0 Å². The standard InChI is InChI=1S/2C27H24F3NO.C26H23Cl2F3O.C26H22F6O/c1-17(2)13-26(18(3)32)23-15-21(19-5-9-24(10-6-19)27(28,29)30)14-22(16-23)20-7-11-25(31-4)12-8-20;1-17(2)12-26(18(3)32)23-14-21(19-8-10-24(11-9-19)27(28,29)30)13-22(15-23)20-6-5-7-25(16-20)31-4;1-15(2)8-25(16(3)32)21-10-18(17-4-6-22(7-5-17)26(29,30)31)9-19(11-21)20-12-23(27)14-24(28)13-20;1-14(2)8-22(15(3)33)20-10-17(16-4-6-21(7-5-16)26(30,31)32)9-18(11-20)19-12-23(27)25(29)24(28)13-19/h5-12,14-17,26H,13H2,1-3H3;5-11,13-17,26H,12H2,1-3H3;4-7,9-15,25H,8H2,1-3H3;4-7,9-14,22H,8H2,1-3H3. The molecule has 670 valence electrons. The minimum atomic E-state index is -4.49. The van der Waals surface area contributed by atoms with Crippen LogP contribution in [0, 0.1) is 54.3 Å². The molecule has 129 heavy (non-hydrogen) atoms. The predicted octanol–water partition coefficient (Wildman–Crippen LogP) is 33.9. The third-order valence-electron chi connectivity index (χ3n) is 21.6. The number of carbonyl (C=O) groups is 4. The van der Waals surface area contributed by atoms with Crippen molar-refractivity contribution in [3.8, 4) is 89.0 Å². The first kappa shape index (κ1) is 101. The summed E-state index contributed by atoms with van der Waals surface area (Å²) in [6, 6.07) is 62.8. The summed E-state index contributed by atoms with van der Waals surface area (Å²) in [4.78, 5) is 56.7. The molecule has 4 atom stereocenters. The van der Waals surface area contributed by atoms with E-state index >= 15 is 0 Å². The van der Waals surface area contributed by atoms with E-state index in [2.05, 4.69) is 37.4 Å². The number of rotatable bonds is 24. The van der Waals surface area contributed by atoms with Crippen molar-refractivity contribution < 1.29 is 85.0 Å². The lowest BCUT2D eigenvalue weighted by Crippen LogP contribution is -2.12. The molecule has 12 aromatic rings. The van der Waals surface area contributed by atoms with Crippen molar-refractivity contribution in [2.75, 3.05) is 0 Å². The maximum Gasteiger partial charge on any atom is 0.416 e. The molecule has 0 aromatic heterocycles. The van der Waals surface area contributed by atoms with Crippen LogP contribution in [0.3, 0.4) is 0 Å². The van der Waals surface area contributed by atoms with Crippen LogP contribution in [0.5, 0.6) is 0 Å². The first-order valence-corrected chi connectivity index (χ1v) is 42.1. The van der Waals surface area contributed by atoms with Crippen molar-refractivity contribution in [2.24, 2.45) is 23.7 Å². The normalized spacial score (nSPS) is 12.6. The zero-order valence-electron chi connectivity index (χ0n) is 72.6. The van der Waals surface area contributed by atoms with Crippen LogP contribution in [-0.2, 0) is 43.9 Å². The van der Waals surface area contributed by atoms with E-state index in [9.17, 15) is 85.0 Å². The van der Waals surface area contributed by atoms with E-state index in [0.29, 0.717) is 104 Å². The van der Waals surface area contributed by atoms with Gasteiger partial charge in [0.2, 0.25) is 0 Å². The monoisotopic (exact) mass is 1810 g/mol. The molecular formula is C106H93Cl2F15N2O4. The Morgan fingerprint density at radius 2 is 0.488 bits per heavy atom. The number of halogens is 17. The number of nitrogens with zero attached hydrogens (tertiary/aromatic N) is 2. The van der Waals surface area contributed by atoms with Crippen LogP contribution in [0.4, 0.5) is 77.2 Å². The summed E-state index contributed by atoms with van der Waals surface area (Å²) in [5.41, 5.74) is 11.4. The SMILES string of the molecule is CC(=O)C(CC(C)C)c1cc(-c2ccc(C(F)(F)F)cc2)cc(-c2cc(Cl)cc(Cl)c2)c1.CC(=O)C(CC(C)C)c1cc(-c2ccc(C(F)(F)F)cc2)cc(-c2cc(F)c(F)c(F)c2)c1.[C-]#[N+]c1ccc(-c2cc(-c3ccc(C(F)(F)F)cc3)cc(C(CC(C)C)C(C)=O)c2)cc1.[C-]#[N+]c1cccc(-c2cc(-c3ccc(C(F)(F)F)cc3)cc(C(CC(C)C)C(C)=O)c2)c1. The average Bonchev–Trinajstić information content (AvgIpc) is 0.808. The highest BCUT2D eigenvalue weighted by molar-refractivity contribution is 6.35. The molecule has 12 rings (SSSR count). The highest BCUT2D eigenvalue weighted by Crippen LogP contribution is 2.44. The third-order valence-corrected chi connectivity index (χ3v) is 22.0. The van der Waals surface area contributed by atoms with E-state index in [0.717, 1.165) is 127 Å². The maximum atomic E-state index is 13.9. The van der Waals surface area contributed by atoms with Crippen molar-refractivity contribution >= 4 is 57.7 Å². The van der Waals surface area contributed by atoms with Crippen LogP contribution in [-0.4, -0.2) is 23.1 Å². The Bertz CT molecular complexity index is 6020. The van der Waals surface area contributed by atoms with Gasteiger partial charge in [0.05, 0.1) is 35.4 Å². The zero-order chi connectivity index (χ0) is 95.1. The lowest BCUT2D eigenvalue weighted by Gasteiger charge is -2.19. The fraction of sp³-hybridized carbons (Fsp3) is 0.264. The highest BCUT2D eigenvalue weighted by atomic mass is 35.5. The van der Waals surface area contributed by atoms with Gasteiger partial charge in [0.15, 0.2) is 28.8 Å². The Balaban J connectivity index is 0.000000194. The first-order chi connectivity index (χ1) is 60.5. The number of carbonyl (C=O) groups excluding carboxylic acids is 4. The molecule has 12 aromatic carbocycles. The minimum Gasteiger partial charge on any atom is -0.299 e. The van der Waals surface area contributed by atoms with E-state index in [4.69, 9.17) is 36.3 Å². The summed E-state index contributed by atoms with van der Waals surface area (Å²) in [5, 5.41) is 0.943. The summed E-state index contributed by atoms with van der Waals surface area (Å²) in [7, 11) is 0. The maximum absolute atomic E-state index is 13.9. The van der Waals surface area contributed by atoms with Crippen molar-refractivity contribution in [1.29, 1.82) is 0 Å². The van der Waals surface area contributed by atoms with Crippen LogP contribution in [0.25, 0.3) is 98.7 Å². The van der Waals surface area contributed by atoms with Gasteiger partial charge in [0, 0.05) is 33.7 Å². The molecular weight excluding hydrogens is 1720 g/mol. The van der Waals surface area contributed by atoms with Gasteiger partial charge in [-0.2, -0.15) is 52.7 Å². The van der Waals surface area contributed by atoms with Gasteiger partial charge in [-0.1, -0.05) is 218 Å². The lowest BCUT2D eigenvalue weighted by atomic mass is 9.84. The molecule has 0 N–H and O–H groups in total. The molecule has 0 aliphatic carbocycles. The summed E-state index contributed by atoms with van der Waals surface area (Å²) >= 11 is 12.4. The van der Waals surface area contributed by atoms with E-state index in [-0.39, 0.29) is 52.4 Å². The van der Waals surface area contributed by atoms with Gasteiger partial charge in [-0.25, -0.2) is 22.9 Å². The molecule has 0 spiro atoms. The van der Waals surface area contributed by atoms with Crippen molar-refractivity contribution in [3.63, 3.8) is 0 Å². The largest absolute Gasteiger partial charge is 0.416 e. The van der Waals surface area contributed by atoms with E-state index in [1.54, 1.807) is 87.5 Å². The molecule has 6 nitrogen and oxygen atoms in total. The first-order valence-electron chi connectivity index (χ1n) is 41.4. The van der Waals surface area contributed by atoms with Gasteiger partial charge < -0.3 is 0 Å². The van der Waals surface area contributed by atoms with Gasteiger partial charge in [-0.3, -0.25) is 19.2 Å². The van der Waals surface area contributed by atoms with Gasteiger partial charge >= 0.3 is 24.7 Å². The smallest absolute Gasteiger partial charge is 0.299 e. The number of hydrogen-bond acceptors (Lipinski definition) is 4. The molecule has 23 heteroatoms. The second kappa shape index (κ2) is 43.3. The van der Waals surface area contributed by atoms with Crippen LogP contribution in [0.2, 0.25) is 10.0 Å². The highest BCUT2D eigenvalue weighted by Gasteiger charge is 2.35. The molecule has 0 fully saturated rings. The Morgan fingerprint density at radius 3 is 0.713 bits per heavy atom. The van der Waals surface area contributed by atoms with Crippen LogP contribution in [0.15, 0.2) is 249 Å². The molecule has 0 bridgehead atoms. The number of Topliss-reactive ketones (excluding diaryl/α,β-unsaturated/α-hetero) is 4.